The van der Waals surface area contributed by atoms with Gasteiger partial charge in [-0.25, -0.2) is 0 Å². The minimum absolute atomic E-state index is 0.0218. The number of nitrogens with two attached hydrogens (primary N) is 1. The smallest absolute Gasteiger partial charge is 0.205 e. The Kier molecular flexibility index (Phi) is 3.16. The molecule has 1 atom stereocenters. The summed E-state index contributed by atoms with van der Waals surface area (Å²) in [5, 5.41) is 19.3. The van der Waals surface area contributed by atoms with E-state index in [4.69, 9.17) is 22.1 Å². The lowest BCUT2D eigenvalue weighted by atomic mass is 9.84. The van der Waals surface area contributed by atoms with Gasteiger partial charge in [0, 0.05) is 24.0 Å². The van der Waals surface area contributed by atoms with E-state index in [1.165, 1.54) is 6.07 Å². The van der Waals surface area contributed by atoms with Crippen LogP contribution in [0.1, 0.15) is 17.0 Å². The number of nitriles is 1. The zero-order chi connectivity index (χ0) is 15.0. The van der Waals surface area contributed by atoms with Crippen LogP contribution in [-0.2, 0) is 0 Å². The lowest BCUT2D eigenvalue weighted by molar-refractivity contribution is 0.388. The van der Waals surface area contributed by atoms with Crippen LogP contribution in [0.5, 0.6) is 11.5 Å². The van der Waals surface area contributed by atoms with Crippen LogP contribution in [0.3, 0.4) is 0 Å². The first-order valence-electron chi connectivity index (χ1n) is 6.11. The molecule has 0 spiro atoms. The summed E-state index contributed by atoms with van der Waals surface area (Å²) in [6, 6.07) is 8.65. The van der Waals surface area contributed by atoms with Gasteiger partial charge >= 0.3 is 0 Å². The van der Waals surface area contributed by atoms with Crippen LogP contribution in [0.15, 0.2) is 48.1 Å². The number of ether oxygens (including phenoxy) is 1. The van der Waals surface area contributed by atoms with E-state index in [0.717, 1.165) is 5.56 Å². The maximum Gasteiger partial charge on any atom is 0.205 e. The Morgan fingerprint density at radius 3 is 2.71 bits per heavy atom. The van der Waals surface area contributed by atoms with Crippen molar-refractivity contribution in [2.45, 2.75) is 5.92 Å². The first kappa shape index (κ1) is 13.3. The van der Waals surface area contributed by atoms with E-state index in [1.807, 2.05) is 0 Å². The summed E-state index contributed by atoms with van der Waals surface area (Å²) in [6.07, 6.45) is 3.27. The number of fused-ring (bicyclic) bond motifs is 1. The van der Waals surface area contributed by atoms with E-state index in [2.05, 4.69) is 11.1 Å². The Bertz CT molecular complexity index is 781. The molecule has 1 unspecified atom stereocenters. The van der Waals surface area contributed by atoms with E-state index in [-0.39, 0.29) is 16.7 Å². The minimum atomic E-state index is -0.403. The Balaban J connectivity index is 2.26. The highest BCUT2D eigenvalue weighted by Gasteiger charge is 2.31. The SMILES string of the molecule is N#CC1=C(N)Oc2cc(O)c(Cl)cc2C1c1ccncc1. The van der Waals surface area contributed by atoms with Crippen LogP contribution in [0.25, 0.3) is 0 Å². The number of benzene rings is 1. The maximum atomic E-state index is 9.70. The van der Waals surface area contributed by atoms with Gasteiger partial charge in [-0.2, -0.15) is 5.26 Å². The fourth-order valence-corrected chi connectivity index (χ4v) is 2.54. The number of phenolic OH excluding ortho intramolecular Hbond substituents is 1. The topological polar surface area (TPSA) is 92.2 Å². The molecule has 0 amide bonds. The Morgan fingerprint density at radius 2 is 2.05 bits per heavy atom. The molecule has 0 bridgehead atoms. The second-order valence-electron chi connectivity index (χ2n) is 4.55. The van der Waals surface area contributed by atoms with Crippen molar-refractivity contribution in [1.82, 2.24) is 4.98 Å². The number of allylic oxidation sites excluding steroid dienone is 1. The summed E-state index contributed by atoms with van der Waals surface area (Å²) in [4.78, 5) is 3.97. The van der Waals surface area contributed by atoms with Gasteiger partial charge in [-0.05, 0) is 23.8 Å². The molecule has 0 aliphatic carbocycles. The third-order valence-corrected chi connectivity index (χ3v) is 3.63. The average molecular weight is 300 g/mol. The molecule has 3 N–H and O–H groups in total. The molecule has 3 rings (SSSR count). The monoisotopic (exact) mass is 299 g/mol. The number of aromatic hydroxyl groups is 1. The van der Waals surface area contributed by atoms with Crippen LogP contribution in [0.2, 0.25) is 5.02 Å². The highest BCUT2D eigenvalue weighted by Crippen LogP contribution is 2.45. The van der Waals surface area contributed by atoms with Crippen LogP contribution >= 0.6 is 11.6 Å². The molecule has 1 aromatic heterocycles. The first-order valence-corrected chi connectivity index (χ1v) is 6.49. The lowest BCUT2D eigenvalue weighted by Gasteiger charge is -2.26. The summed E-state index contributed by atoms with van der Waals surface area (Å²) in [5.41, 5.74) is 7.65. The molecule has 104 valence electrons. The van der Waals surface area contributed by atoms with Gasteiger partial charge in [0.1, 0.15) is 23.1 Å². The highest BCUT2D eigenvalue weighted by molar-refractivity contribution is 6.32. The van der Waals surface area contributed by atoms with Gasteiger partial charge in [-0.3, -0.25) is 4.98 Å². The van der Waals surface area contributed by atoms with E-state index in [1.54, 1.807) is 30.6 Å². The average Bonchev–Trinajstić information content (AvgIpc) is 2.49. The lowest BCUT2D eigenvalue weighted by Crippen LogP contribution is -2.21. The Labute approximate surface area is 125 Å². The number of rotatable bonds is 1. The number of hydrogen-bond donors (Lipinski definition) is 2. The molecular weight excluding hydrogens is 290 g/mol. The fourth-order valence-electron chi connectivity index (χ4n) is 2.36. The molecular formula is C15H10ClN3O2. The minimum Gasteiger partial charge on any atom is -0.506 e. The molecule has 0 radical (unpaired) electrons. The zero-order valence-corrected chi connectivity index (χ0v) is 11.5. The van der Waals surface area contributed by atoms with Gasteiger partial charge in [0.15, 0.2) is 0 Å². The zero-order valence-electron chi connectivity index (χ0n) is 10.7. The molecule has 2 heterocycles. The number of hydrogen-bond acceptors (Lipinski definition) is 5. The molecule has 6 heteroatoms. The van der Waals surface area contributed by atoms with E-state index >= 15 is 0 Å². The third kappa shape index (κ3) is 2.16. The Morgan fingerprint density at radius 1 is 1.33 bits per heavy atom. The third-order valence-electron chi connectivity index (χ3n) is 3.32. The highest BCUT2D eigenvalue weighted by atomic mass is 35.5. The van der Waals surface area contributed by atoms with Gasteiger partial charge in [0.2, 0.25) is 5.88 Å². The predicted molar refractivity (Wildman–Crippen MR) is 76.7 cm³/mol. The van der Waals surface area contributed by atoms with Crippen LogP contribution < -0.4 is 10.5 Å². The van der Waals surface area contributed by atoms with Crippen molar-refractivity contribution < 1.29 is 9.84 Å². The fraction of sp³-hybridized carbons (Fsp3) is 0.0667. The molecule has 2 aromatic rings. The van der Waals surface area contributed by atoms with E-state index in [9.17, 15) is 10.4 Å². The van der Waals surface area contributed by atoms with Crippen molar-refractivity contribution in [3.8, 4) is 17.6 Å². The normalized spacial score (nSPS) is 16.9. The standard InChI is InChI=1S/C15H10ClN3O2/c16-11-5-9-13(6-12(11)20)21-15(18)10(7-17)14(9)8-1-3-19-4-2-8/h1-6,14,20H,18H2. The van der Waals surface area contributed by atoms with Crippen molar-refractivity contribution in [1.29, 1.82) is 5.26 Å². The maximum absolute atomic E-state index is 9.70. The number of nitrogens with zero attached hydrogens (tertiary/aromatic N) is 2. The Hall–Kier alpha value is -2.71. The van der Waals surface area contributed by atoms with Gasteiger partial charge in [-0.1, -0.05) is 11.6 Å². The molecule has 0 saturated heterocycles. The number of aromatic nitrogens is 1. The van der Waals surface area contributed by atoms with Crippen molar-refractivity contribution in [2.75, 3.05) is 0 Å². The molecule has 1 aliphatic rings. The summed E-state index contributed by atoms with van der Waals surface area (Å²) >= 11 is 5.98. The van der Waals surface area contributed by atoms with Crippen molar-refractivity contribution >= 4 is 11.6 Å². The molecule has 1 aliphatic heterocycles. The van der Waals surface area contributed by atoms with Crippen LogP contribution in [0, 0.1) is 11.3 Å². The van der Waals surface area contributed by atoms with E-state index < -0.39 is 5.92 Å². The summed E-state index contributed by atoms with van der Waals surface area (Å²) in [5.74, 6) is -0.0966. The predicted octanol–water partition coefficient (Wildman–Crippen LogP) is 2.66. The first-order chi connectivity index (χ1) is 10.1. The molecule has 5 nitrogen and oxygen atoms in total. The molecule has 0 fully saturated rings. The quantitative estimate of drug-likeness (QED) is 0.844. The summed E-state index contributed by atoms with van der Waals surface area (Å²) < 4.78 is 5.42. The van der Waals surface area contributed by atoms with Crippen molar-refractivity contribution in [3.05, 3.63) is 64.3 Å². The number of pyridine rings is 1. The number of phenols is 1. The van der Waals surface area contributed by atoms with Gasteiger partial charge in [-0.15, -0.1) is 0 Å². The van der Waals surface area contributed by atoms with Gasteiger partial charge in [0.05, 0.1) is 10.9 Å². The van der Waals surface area contributed by atoms with Crippen LogP contribution in [0.4, 0.5) is 0 Å². The van der Waals surface area contributed by atoms with Crippen LogP contribution in [-0.4, -0.2) is 10.1 Å². The van der Waals surface area contributed by atoms with E-state index in [0.29, 0.717) is 16.9 Å². The van der Waals surface area contributed by atoms with Crippen molar-refractivity contribution in [3.63, 3.8) is 0 Å². The van der Waals surface area contributed by atoms with Gasteiger partial charge in [0.25, 0.3) is 0 Å². The molecule has 21 heavy (non-hydrogen) atoms. The largest absolute Gasteiger partial charge is 0.506 e. The van der Waals surface area contributed by atoms with Gasteiger partial charge < -0.3 is 15.6 Å². The second kappa shape index (κ2) is 5.00. The molecule has 0 saturated carbocycles. The second-order valence-corrected chi connectivity index (χ2v) is 4.95. The number of halogens is 1. The van der Waals surface area contributed by atoms with Crippen molar-refractivity contribution in [2.24, 2.45) is 5.73 Å². The molecule has 1 aromatic carbocycles. The summed E-state index contributed by atoms with van der Waals surface area (Å²) in [6.45, 7) is 0. The summed E-state index contributed by atoms with van der Waals surface area (Å²) in [7, 11) is 0.